The Morgan fingerprint density at radius 2 is 1.83 bits per heavy atom. The van der Waals surface area contributed by atoms with Gasteiger partial charge in [-0.25, -0.2) is 4.79 Å². The smallest absolute Gasteiger partial charge is 0.325 e. The molecule has 4 N–H and O–H groups in total. The lowest BCUT2D eigenvalue weighted by Gasteiger charge is -2.18. The van der Waals surface area contributed by atoms with E-state index in [1.165, 1.54) is 4.90 Å². The number of aliphatic hydroxyl groups excluding tert-OH is 2. The van der Waals surface area contributed by atoms with Crippen LogP contribution in [0, 0.1) is 0 Å². The Morgan fingerprint density at radius 1 is 1.22 bits per heavy atom. The number of carbonyl (C=O) groups is 1. The third kappa shape index (κ3) is 3.91. The second-order valence-corrected chi connectivity index (χ2v) is 3.63. The summed E-state index contributed by atoms with van der Waals surface area (Å²) in [6.45, 7) is 0.00187. The third-order valence-corrected chi connectivity index (χ3v) is 2.32. The van der Waals surface area contributed by atoms with Gasteiger partial charge in [-0.1, -0.05) is 0 Å². The Morgan fingerprint density at radius 3 is 2.33 bits per heavy atom. The summed E-state index contributed by atoms with van der Waals surface area (Å²) in [4.78, 5) is 39.6. The summed E-state index contributed by atoms with van der Waals surface area (Å²) >= 11 is 0. The summed E-state index contributed by atoms with van der Waals surface area (Å²) in [6.07, 6.45) is 1.06. The van der Waals surface area contributed by atoms with Crippen molar-refractivity contribution in [2.24, 2.45) is 0 Å². The maximum Gasteiger partial charge on any atom is 0.325 e. The monoisotopic (exact) mass is 257 g/mol. The molecule has 0 bridgehead atoms. The fraction of sp³-hybridized carbons (Fsp3) is 0.500. The van der Waals surface area contributed by atoms with Crippen molar-refractivity contribution >= 4 is 5.78 Å². The van der Waals surface area contributed by atoms with Crippen LogP contribution in [0.5, 0.6) is 0 Å². The van der Waals surface area contributed by atoms with Crippen LogP contribution >= 0.6 is 0 Å². The van der Waals surface area contributed by atoms with Crippen LogP contribution in [-0.4, -0.2) is 63.7 Å². The molecule has 1 aromatic rings. The zero-order valence-corrected chi connectivity index (χ0v) is 9.68. The molecule has 0 aliphatic rings. The van der Waals surface area contributed by atoms with E-state index < -0.39 is 17.0 Å². The Labute approximate surface area is 102 Å². The molecule has 0 aliphatic carbocycles. The number of nitrogens with zero attached hydrogens (tertiary/aromatic N) is 1. The molecule has 0 unspecified atom stereocenters. The largest absolute Gasteiger partial charge is 0.395 e. The molecule has 0 saturated carbocycles. The van der Waals surface area contributed by atoms with Crippen LogP contribution in [0.4, 0.5) is 0 Å². The Bertz CT molecular complexity index is 501. The summed E-state index contributed by atoms with van der Waals surface area (Å²) in [7, 11) is 0. The molecule has 18 heavy (non-hydrogen) atoms. The van der Waals surface area contributed by atoms with Gasteiger partial charge in [-0.05, 0) is 0 Å². The molecule has 8 nitrogen and oxygen atoms in total. The number of ketones is 1. The van der Waals surface area contributed by atoms with Crippen LogP contribution < -0.4 is 11.2 Å². The van der Waals surface area contributed by atoms with E-state index in [9.17, 15) is 14.4 Å². The highest BCUT2D eigenvalue weighted by molar-refractivity contribution is 5.96. The summed E-state index contributed by atoms with van der Waals surface area (Å²) < 4.78 is 0. The van der Waals surface area contributed by atoms with E-state index in [0.717, 1.165) is 6.20 Å². The molecule has 0 aromatic carbocycles. The fourth-order valence-corrected chi connectivity index (χ4v) is 1.46. The SMILES string of the molecule is O=C(CN(CCO)CCO)c1c[nH]c(=O)[nH]c1=O. The lowest BCUT2D eigenvalue weighted by molar-refractivity contribution is 0.0892. The molecular formula is C10H15N3O5. The molecule has 0 aliphatic heterocycles. The number of hydrogen-bond donors (Lipinski definition) is 4. The number of nitrogens with one attached hydrogen (secondary N) is 2. The van der Waals surface area contributed by atoms with Crippen molar-refractivity contribution in [3.05, 3.63) is 32.6 Å². The molecule has 8 heteroatoms. The van der Waals surface area contributed by atoms with Crippen LogP contribution in [0.3, 0.4) is 0 Å². The molecule has 0 atom stereocenters. The van der Waals surface area contributed by atoms with E-state index in [2.05, 4.69) is 4.98 Å². The second-order valence-electron chi connectivity index (χ2n) is 3.63. The predicted molar refractivity (Wildman–Crippen MR) is 62.6 cm³/mol. The third-order valence-electron chi connectivity index (χ3n) is 2.32. The lowest BCUT2D eigenvalue weighted by atomic mass is 10.2. The Kier molecular flexibility index (Phi) is 5.43. The van der Waals surface area contributed by atoms with Crippen molar-refractivity contribution in [1.29, 1.82) is 0 Å². The molecule has 100 valence electrons. The van der Waals surface area contributed by atoms with E-state index in [4.69, 9.17) is 10.2 Å². The minimum Gasteiger partial charge on any atom is -0.395 e. The zero-order valence-electron chi connectivity index (χ0n) is 9.68. The summed E-state index contributed by atoms with van der Waals surface area (Å²) in [5.74, 6) is -0.491. The number of Topliss-reactive ketones (excluding diaryl/α,β-unsaturated/α-hetero) is 1. The molecule has 1 heterocycles. The normalized spacial score (nSPS) is 10.8. The standard InChI is InChI=1S/C10H15N3O5/c14-3-1-13(2-4-15)6-8(16)7-5-11-10(18)12-9(7)17/h5,14-15H,1-4,6H2,(H2,11,12,17,18). The Hall–Kier alpha value is -1.77. The van der Waals surface area contributed by atoms with Gasteiger partial charge in [-0.3, -0.25) is 19.5 Å². The lowest BCUT2D eigenvalue weighted by Crippen LogP contribution is -2.37. The number of aromatic nitrogens is 2. The van der Waals surface area contributed by atoms with E-state index in [1.807, 2.05) is 4.98 Å². The minimum atomic E-state index is -0.753. The van der Waals surface area contributed by atoms with Gasteiger partial charge in [0, 0.05) is 19.3 Å². The fourth-order valence-electron chi connectivity index (χ4n) is 1.46. The van der Waals surface area contributed by atoms with Gasteiger partial charge in [0.15, 0.2) is 5.78 Å². The molecular weight excluding hydrogens is 242 g/mol. The molecule has 0 fully saturated rings. The van der Waals surface area contributed by atoms with E-state index in [0.29, 0.717) is 0 Å². The molecule has 0 saturated heterocycles. The van der Waals surface area contributed by atoms with Crippen molar-refractivity contribution in [3.8, 4) is 0 Å². The predicted octanol–water partition coefficient (Wildman–Crippen LogP) is -2.47. The maximum absolute atomic E-state index is 11.8. The van der Waals surface area contributed by atoms with Crippen LogP contribution in [0.25, 0.3) is 0 Å². The average molecular weight is 257 g/mol. The van der Waals surface area contributed by atoms with Gasteiger partial charge in [0.25, 0.3) is 5.56 Å². The highest BCUT2D eigenvalue weighted by Crippen LogP contribution is 1.94. The first kappa shape index (κ1) is 14.3. The van der Waals surface area contributed by atoms with Gasteiger partial charge in [-0.15, -0.1) is 0 Å². The van der Waals surface area contributed by atoms with Gasteiger partial charge in [0.05, 0.1) is 19.8 Å². The van der Waals surface area contributed by atoms with Crippen molar-refractivity contribution in [3.63, 3.8) is 0 Å². The number of H-pyrrole nitrogens is 2. The summed E-state index contributed by atoms with van der Waals surface area (Å²) in [6, 6.07) is 0. The van der Waals surface area contributed by atoms with Crippen LogP contribution in [0.15, 0.2) is 15.8 Å². The number of hydrogen-bond acceptors (Lipinski definition) is 6. The number of carbonyl (C=O) groups excluding carboxylic acids is 1. The van der Waals surface area contributed by atoms with E-state index in [-0.39, 0.29) is 38.4 Å². The quantitative estimate of drug-likeness (QED) is 0.401. The summed E-state index contributed by atoms with van der Waals surface area (Å²) in [5.41, 5.74) is -1.59. The van der Waals surface area contributed by atoms with Crippen molar-refractivity contribution in [1.82, 2.24) is 14.9 Å². The van der Waals surface area contributed by atoms with Gasteiger partial charge >= 0.3 is 5.69 Å². The highest BCUT2D eigenvalue weighted by Gasteiger charge is 2.15. The maximum atomic E-state index is 11.8. The molecule has 1 rings (SSSR count). The molecule has 0 spiro atoms. The first-order valence-electron chi connectivity index (χ1n) is 5.37. The minimum absolute atomic E-state index is 0.115. The highest BCUT2D eigenvalue weighted by atomic mass is 16.3. The van der Waals surface area contributed by atoms with Crippen LogP contribution in [-0.2, 0) is 0 Å². The molecule has 0 amide bonds. The van der Waals surface area contributed by atoms with Crippen LogP contribution in [0.2, 0.25) is 0 Å². The van der Waals surface area contributed by atoms with Crippen molar-refractivity contribution in [2.45, 2.75) is 0 Å². The first-order chi connectivity index (χ1) is 8.58. The molecule has 0 radical (unpaired) electrons. The van der Waals surface area contributed by atoms with Crippen molar-refractivity contribution < 1.29 is 15.0 Å². The number of aliphatic hydroxyl groups is 2. The van der Waals surface area contributed by atoms with Gasteiger partial charge in [-0.2, -0.15) is 0 Å². The number of aromatic amines is 2. The molecule has 1 aromatic heterocycles. The average Bonchev–Trinajstić information content (AvgIpc) is 2.29. The van der Waals surface area contributed by atoms with Gasteiger partial charge < -0.3 is 15.2 Å². The van der Waals surface area contributed by atoms with Gasteiger partial charge in [0.2, 0.25) is 0 Å². The van der Waals surface area contributed by atoms with Gasteiger partial charge in [0.1, 0.15) is 5.56 Å². The van der Waals surface area contributed by atoms with E-state index in [1.54, 1.807) is 0 Å². The Balaban J connectivity index is 2.80. The summed E-state index contributed by atoms with van der Waals surface area (Å²) in [5, 5.41) is 17.6. The topological polar surface area (TPSA) is 126 Å². The second kappa shape index (κ2) is 6.84. The first-order valence-corrected chi connectivity index (χ1v) is 5.37. The van der Waals surface area contributed by atoms with Crippen LogP contribution in [0.1, 0.15) is 10.4 Å². The van der Waals surface area contributed by atoms with Crippen molar-refractivity contribution in [2.75, 3.05) is 32.8 Å². The zero-order chi connectivity index (χ0) is 13.5. The number of rotatable bonds is 7. The van der Waals surface area contributed by atoms with E-state index >= 15 is 0 Å².